The zero-order valence-electron chi connectivity index (χ0n) is 22.2. The molecule has 3 aromatic carbocycles. The van der Waals surface area contributed by atoms with E-state index in [1.54, 1.807) is 30.0 Å². The Morgan fingerprint density at radius 2 is 1.95 bits per heavy atom. The van der Waals surface area contributed by atoms with Gasteiger partial charge in [0.05, 0.1) is 30.6 Å². The van der Waals surface area contributed by atoms with Crippen molar-refractivity contribution in [2.24, 2.45) is 0 Å². The number of amides is 1. The fraction of sp³-hybridized carbons (Fsp3) is 0.258. The van der Waals surface area contributed by atoms with Crippen LogP contribution in [0.3, 0.4) is 0 Å². The number of fused-ring (bicyclic) bond motifs is 1. The fourth-order valence-corrected chi connectivity index (χ4v) is 6.07. The van der Waals surface area contributed by atoms with Gasteiger partial charge in [-0.15, -0.1) is 11.8 Å². The van der Waals surface area contributed by atoms with Crippen LogP contribution < -0.4 is 9.64 Å². The van der Waals surface area contributed by atoms with Gasteiger partial charge >= 0.3 is 5.97 Å². The van der Waals surface area contributed by atoms with E-state index < -0.39 is 5.97 Å². The van der Waals surface area contributed by atoms with E-state index in [1.165, 1.54) is 0 Å². The number of nitrogens with zero attached hydrogens (tertiary/aromatic N) is 3. The van der Waals surface area contributed by atoms with E-state index in [4.69, 9.17) is 16.3 Å². The number of ether oxygens (including phenoxy) is 1. The van der Waals surface area contributed by atoms with E-state index >= 15 is 0 Å². The second kappa shape index (κ2) is 12.6. The van der Waals surface area contributed by atoms with Crippen molar-refractivity contribution in [1.29, 1.82) is 0 Å². The van der Waals surface area contributed by atoms with E-state index in [0.717, 1.165) is 50.8 Å². The molecule has 0 bridgehead atoms. The van der Waals surface area contributed by atoms with Crippen molar-refractivity contribution in [3.8, 4) is 16.9 Å². The molecule has 9 heteroatoms. The number of halogens is 1. The van der Waals surface area contributed by atoms with Crippen molar-refractivity contribution in [1.82, 2.24) is 9.78 Å². The van der Waals surface area contributed by atoms with Crippen LogP contribution >= 0.6 is 23.4 Å². The van der Waals surface area contributed by atoms with Crippen molar-refractivity contribution in [3.05, 3.63) is 94.8 Å². The van der Waals surface area contributed by atoms with Crippen molar-refractivity contribution in [3.63, 3.8) is 0 Å². The monoisotopic (exact) mass is 575 g/mol. The number of hydrogen-bond acceptors (Lipinski definition) is 5. The molecule has 1 amide bonds. The second-order valence-electron chi connectivity index (χ2n) is 9.65. The first-order chi connectivity index (χ1) is 19.4. The lowest BCUT2D eigenvalue weighted by Gasteiger charge is -2.23. The number of hydrogen-bond donors (Lipinski definition) is 1. The van der Waals surface area contributed by atoms with Crippen LogP contribution in [0.1, 0.15) is 40.7 Å². The molecule has 206 valence electrons. The van der Waals surface area contributed by atoms with Crippen molar-refractivity contribution < 1.29 is 19.4 Å². The molecular formula is C31H30ClN3O4S. The van der Waals surface area contributed by atoms with Gasteiger partial charge < -0.3 is 14.7 Å². The van der Waals surface area contributed by atoms with Crippen molar-refractivity contribution in [2.45, 2.75) is 37.6 Å². The summed E-state index contributed by atoms with van der Waals surface area (Å²) in [5.41, 5.74) is 4.94. The number of aromatic nitrogens is 2. The summed E-state index contributed by atoms with van der Waals surface area (Å²) in [6, 6.07) is 18.5. The lowest BCUT2D eigenvalue weighted by Crippen LogP contribution is -2.32. The minimum atomic E-state index is -0.949. The molecule has 40 heavy (non-hydrogen) atoms. The zero-order chi connectivity index (χ0) is 28.1. The van der Waals surface area contributed by atoms with Gasteiger partial charge in [-0.3, -0.25) is 9.48 Å². The Kier molecular flexibility index (Phi) is 8.77. The first kappa shape index (κ1) is 27.8. The van der Waals surface area contributed by atoms with Gasteiger partial charge in [0.2, 0.25) is 5.91 Å². The van der Waals surface area contributed by atoms with Gasteiger partial charge in [-0.05, 0) is 61.4 Å². The highest BCUT2D eigenvalue weighted by molar-refractivity contribution is 7.99. The lowest BCUT2D eigenvalue weighted by atomic mass is 10.1. The third kappa shape index (κ3) is 6.35. The molecule has 7 nitrogen and oxygen atoms in total. The SMILES string of the molecule is Cc1c(Cl)cccc1OCCCC(=O)N1CCCSc2c(-c3cnn(Cc4cccc(C(=O)O)c4)c3)cccc21. The molecule has 0 saturated heterocycles. The maximum Gasteiger partial charge on any atom is 0.335 e. The van der Waals surface area contributed by atoms with Crippen LogP contribution in [0.25, 0.3) is 11.1 Å². The molecule has 1 N–H and O–H groups in total. The van der Waals surface area contributed by atoms with Gasteiger partial charge in [0.15, 0.2) is 0 Å². The summed E-state index contributed by atoms with van der Waals surface area (Å²) in [5, 5.41) is 14.5. The molecule has 0 aliphatic carbocycles. The molecule has 0 atom stereocenters. The molecule has 0 saturated carbocycles. The van der Waals surface area contributed by atoms with Crippen LogP contribution in [0.2, 0.25) is 5.02 Å². The Balaban J connectivity index is 1.29. The predicted octanol–water partition coefficient (Wildman–Crippen LogP) is 6.95. The number of aromatic carboxylic acids is 1. The van der Waals surface area contributed by atoms with Gasteiger partial charge in [-0.25, -0.2) is 4.79 Å². The summed E-state index contributed by atoms with van der Waals surface area (Å²) >= 11 is 7.95. The number of rotatable bonds is 9. The van der Waals surface area contributed by atoms with E-state index in [2.05, 4.69) is 11.2 Å². The molecule has 1 aromatic heterocycles. The maximum atomic E-state index is 13.4. The summed E-state index contributed by atoms with van der Waals surface area (Å²) in [5.74, 6) is 0.800. The minimum Gasteiger partial charge on any atom is -0.493 e. The summed E-state index contributed by atoms with van der Waals surface area (Å²) in [6.45, 7) is 3.50. The largest absolute Gasteiger partial charge is 0.493 e. The molecule has 0 spiro atoms. The molecular weight excluding hydrogens is 546 g/mol. The quantitative estimate of drug-likeness (QED) is 0.217. The second-order valence-corrected chi connectivity index (χ2v) is 11.2. The zero-order valence-corrected chi connectivity index (χ0v) is 23.8. The van der Waals surface area contributed by atoms with Crippen molar-refractivity contribution in [2.75, 3.05) is 23.8 Å². The molecule has 5 rings (SSSR count). The fourth-order valence-electron chi connectivity index (χ4n) is 4.76. The third-order valence-corrected chi connectivity index (χ3v) is 8.45. The molecule has 1 aliphatic rings. The highest BCUT2D eigenvalue weighted by atomic mass is 35.5. The topological polar surface area (TPSA) is 84.7 Å². The van der Waals surface area contributed by atoms with Crippen LogP contribution in [0, 0.1) is 6.92 Å². The smallest absolute Gasteiger partial charge is 0.335 e. The lowest BCUT2D eigenvalue weighted by molar-refractivity contribution is -0.118. The summed E-state index contributed by atoms with van der Waals surface area (Å²) in [4.78, 5) is 27.7. The molecule has 1 aliphatic heterocycles. The number of thioether (sulfide) groups is 1. The number of anilines is 1. The number of carboxylic acid groups (broad SMARTS) is 1. The van der Waals surface area contributed by atoms with Gasteiger partial charge in [0.1, 0.15) is 5.75 Å². The normalized spacial score (nSPS) is 13.0. The number of benzene rings is 3. The summed E-state index contributed by atoms with van der Waals surface area (Å²) < 4.78 is 7.70. The van der Waals surface area contributed by atoms with Gasteiger partial charge in [0.25, 0.3) is 0 Å². The molecule has 2 heterocycles. The average molecular weight is 576 g/mol. The predicted molar refractivity (Wildman–Crippen MR) is 159 cm³/mol. The van der Waals surface area contributed by atoms with Gasteiger partial charge in [-0.1, -0.05) is 41.9 Å². The van der Waals surface area contributed by atoms with E-state index in [1.807, 2.05) is 65.3 Å². The van der Waals surface area contributed by atoms with Crippen molar-refractivity contribution >= 4 is 40.9 Å². The highest BCUT2D eigenvalue weighted by Gasteiger charge is 2.24. The van der Waals surface area contributed by atoms with E-state index in [0.29, 0.717) is 37.6 Å². The standard InChI is InChI=1S/C31H30ClN3O4S/c1-21-26(32)10-4-12-28(21)39-15-5-13-29(36)35-14-6-16-40-30-25(9-3-11-27(30)35)24-18-33-34(20-24)19-22-7-2-8-23(17-22)31(37)38/h2-4,7-12,17-18,20H,5-6,13-16,19H2,1H3,(H,37,38). The number of carboxylic acids is 1. The third-order valence-electron chi connectivity index (χ3n) is 6.83. The maximum absolute atomic E-state index is 13.4. The summed E-state index contributed by atoms with van der Waals surface area (Å²) in [6.07, 6.45) is 5.70. The Hall–Kier alpha value is -3.75. The number of carbonyl (C=O) groups excluding carboxylic acids is 1. The number of carbonyl (C=O) groups is 2. The van der Waals surface area contributed by atoms with Crippen LogP contribution in [0.15, 0.2) is 78.0 Å². The van der Waals surface area contributed by atoms with E-state index in [9.17, 15) is 14.7 Å². The Bertz CT molecular complexity index is 1540. The Morgan fingerprint density at radius 3 is 2.80 bits per heavy atom. The molecule has 0 fully saturated rings. The molecule has 0 radical (unpaired) electrons. The minimum absolute atomic E-state index is 0.0846. The van der Waals surface area contributed by atoms with Crippen LogP contribution in [0.5, 0.6) is 5.75 Å². The van der Waals surface area contributed by atoms with Crippen LogP contribution in [-0.4, -0.2) is 45.7 Å². The highest BCUT2D eigenvalue weighted by Crippen LogP contribution is 2.41. The van der Waals surface area contributed by atoms with Gasteiger partial charge in [0, 0.05) is 45.8 Å². The van der Waals surface area contributed by atoms with E-state index in [-0.39, 0.29) is 11.5 Å². The molecule has 4 aromatic rings. The van der Waals surface area contributed by atoms with Crippen LogP contribution in [0.4, 0.5) is 5.69 Å². The van der Waals surface area contributed by atoms with Gasteiger partial charge in [-0.2, -0.15) is 5.10 Å². The molecule has 0 unspecified atom stereocenters. The van der Waals surface area contributed by atoms with Crippen LogP contribution in [-0.2, 0) is 11.3 Å². The summed E-state index contributed by atoms with van der Waals surface area (Å²) in [7, 11) is 0. The Morgan fingerprint density at radius 1 is 1.12 bits per heavy atom. The first-order valence-corrected chi connectivity index (χ1v) is 14.6. The first-order valence-electron chi connectivity index (χ1n) is 13.2. The average Bonchev–Trinajstić information content (AvgIpc) is 3.30. The Labute approximate surface area is 242 Å².